The quantitative estimate of drug-likeness (QED) is 0.371. The third-order valence-electron chi connectivity index (χ3n) is 5.13. The number of hydrogen-bond acceptors (Lipinski definition) is 5. The maximum atomic E-state index is 12.4. The van der Waals surface area contributed by atoms with E-state index in [4.69, 9.17) is 0 Å². The maximum Gasteiger partial charge on any atom is 0.230 e. The summed E-state index contributed by atoms with van der Waals surface area (Å²) in [5, 5.41) is 14.7. The molecule has 0 fully saturated rings. The molecule has 7 heteroatoms. The van der Waals surface area contributed by atoms with Crippen molar-refractivity contribution >= 4 is 29.0 Å². The van der Waals surface area contributed by atoms with Gasteiger partial charge in [0.15, 0.2) is 11.0 Å². The lowest BCUT2D eigenvalue weighted by Gasteiger charge is -2.13. The summed E-state index contributed by atoms with van der Waals surface area (Å²) >= 11 is 3.09. The molecule has 2 heterocycles. The zero-order valence-electron chi connectivity index (χ0n) is 16.9. The maximum absolute atomic E-state index is 12.4. The lowest BCUT2D eigenvalue weighted by molar-refractivity contribution is -0.118. The van der Waals surface area contributed by atoms with Crippen LogP contribution in [0, 0.1) is 0 Å². The molecule has 0 spiro atoms. The van der Waals surface area contributed by atoms with Gasteiger partial charge in [-0.15, -0.1) is 21.5 Å². The van der Waals surface area contributed by atoms with E-state index in [1.54, 1.807) is 11.3 Å². The Morgan fingerprint density at radius 2 is 2.03 bits per heavy atom. The number of rotatable bonds is 9. The van der Waals surface area contributed by atoms with Crippen molar-refractivity contribution < 1.29 is 4.79 Å². The van der Waals surface area contributed by atoms with Gasteiger partial charge in [-0.05, 0) is 49.1 Å². The van der Waals surface area contributed by atoms with E-state index >= 15 is 0 Å². The number of nitrogens with zero attached hydrogens (tertiary/aromatic N) is 3. The molecule has 156 valence electrons. The van der Waals surface area contributed by atoms with E-state index in [0.717, 1.165) is 22.3 Å². The zero-order valence-corrected chi connectivity index (χ0v) is 18.6. The fraction of sp³-hybridized carbons (Fsp3) is 0.348. The van der Waals surface area contributed by atoms with Crippen molar-refractivity contribution in [1.29, 1.82) is 0 Å². The van der Waals surface area contributed by atoms with Crippen molar-refractivity contribution in [2.24, 2.45) is 0 Å². The standard InChI is InChI=1S/C23H26N4OS2/c28-21(24-14-13-18-8-3-1-4-9-18)17-30-23-26-25-22(20-12-7-15-29-20)27(23)16-19-10-5-2-6-11-19/h2,5-8,10-12,15H,1,3-4,9,13-14,16-17H2,(H,24,28). The number of carbonyl (C=O) groups excluding carboxylic acids is 1. The van der Waals surface area contributed by atoms with Crippen molar-refractivity contribution in [1.82, 2.24) is 20.1 Å². The molecular formula is C23H26N4OS2. The summed E-state index contributed by atoms with van der Waals surface area (Å²) in [6.45, 7) is 1.39. The minimum Gasteiger partial charge on any atom is -0.355 e. The van der Waals surface area contributed by atoms with Gasteiger partial charge in [-0.3, -0.25) is 9.36 Å². The zero-order chi connectivity index (χ0) is 20.6. The molecular weight excluding hydrogens is 412 g/mol. The predicted molar refractivity (Wildman–Crippen MR) is 124 cm³/mol. The summed E-state index contributed by atoms with van der Waals surface area (Å²) in [4.78, 5) is 13.4. The Morgan fingerprint density at radius 1 is 1.13 bits per heavy atom. The number of aromatic nitrogens is 3. The summed E-state index contributed by atoms with van der Waals surface area (Å²) in [5.74, 6) is 1.24. The number of carbonyl (C=O) groups is 1. The van der Waals surface area contributed by atoms with Crippen molar-refractivity contribution in [2.75, 3.05) is 12.3 Å². The lowest BCUT2D eigenvalue weighted by atomic mass is 9.97. The molecule has 1 aliphatic carbocycles. The highest BCUT2D eigenvalue weighted by Gasteiger charge is 2.17. The smallest absolute Gasteiger partial charge is 0.230 e. The van der Waals surface area contributed by atoms with Gasteiger partial charge >= 0.3 is 0 Å². The first-order valence-electron chi connectivity index (χ1n) is 10.4. The van der Waals surface area contributed by atoms with Gasteiger partial charge in [0.25, 0.3) is 0 Å². The number of hydrogen-bond donors (Lipinski definition) is 1. The second-order valence-corrected chi connectivity index (χ2v) is 9.24. The molecule has 4 rings (SSSR count). The Hall–Kier alpha value is -2.38. The van der Waals surface area contributed by atoms with Crippen LogP contribution in [-0.4, -0.2) is 33.0 Å². The van der Waals surface area contributed by atoms with E-state index in [-0.39, 0.29) is 5.91 Å². The number of allylic oxidation sites excluding steroid dienone is 1. The van der Waals surface area contributed by atoms with E-state index in [9.17, 15) is 4.79 Å². The molecule has 0 unspecified atom stereocenters. The molecule has 1 N–H and O–H groups in total. The van der Waals surface area contributed by atoms with Crippen LogP contribution in [0.25, 0.3) is 10.7 Å². The first kappa shape index (κ1) is 20.9. The summed E-state index contributed by atoms with van der Waals surface area (Å²) in [5.41, 5.74) is 2.67. The number of thiophene rings is 1. The van der Waals surface area contributed by atoms with Crippen molar-refractivity contribution in [3.05, 3.63) is 65.1 Å². The van der Waals surface area contributed by atoms with Crippen molar-refractivity contribution in [3.63, 3.8) is 0 Å². The third kappa shape index (κ3) is 5.61. The average Bonchev–Trinajstić information content (AvgIpc) is 3.44. The highest BCUT2D eigenvalue weighted by molar-refractivity contribution is 7.99. The number of benzene rings is 1. The first-order valence-corrected chi connectivity index (χ1v) is 12.2. The van der Waals surface area contributed by atoms with Gasteiger partial charge in [0.1, 0.15) is 0 Å². The minimum atomic E-state index is 0.0448. The molecule has 1 amide bonds. The highest BCUT2D eigenvalue weighted by Crippen LogP contribution is 2.28. The van der Waals surface area contributed by atoms with Crippen molar-refractivity contribution in [3.8, 4) is 10.7 Å². The Balaban J connectivity index is 1.38. The van der Waals surface area contributed by atoms with Gasteiger partial charge in [0.05, 0.1) is 17.2 Å². The van der Waals surface area contributed by atoms with E-state index < -0.39 is 0 Å². The van der Waals surface area contributed by atoms with Gasteiger partial charge in [0.2, 0.25) is 5.91 Å². The van der Waals surface area contributed by atoms with Crippen LogP contribution in [0.5, 0.6) is 0 Å². The first-order chi connectivity index (χ1) is 14.8. The highest BCUT2D eigenvalue weighted by atomic mass is 32.2. The van der Waals surface area contributed by atoms with Crippen LogP contribution in [-0.2, 0) is 11.3 Å². The van der Waals surface area contributed by atoms with Crippen molar-refractivity contribution in [2.45, 2.75) is 43.8 Å². The van der Waals surface area contributed by atoms with Gasteiger partial charge in [-0.2, -0.15) is 0 Å². The second-order valence-electron chi connectivity index (χ2n) is 7.35. The van der Waals surface area contributed by atoms with Crippen LogP contribution in [0.1, 0.15) is 37.7 Å². The summed E-state index contributed by atoms with van der Waals surface area (Å²) in [6.07, 6.45) is 8.23. The molecule has 0 radical (unpaired) electrons. The van der Waals surface area contributed by atoms with Crippen LogP contribution in [0.15, 0.2) is 64.7 Å². The molecule has 5 nitrogen and oxygen atoms in total. The average molecular weight is 439 g/mol. The molecule has 0 saturated carbocycles. The van der Waals surface area contributed by atoms with Crippen LogP contribution in [0.2, 0.25) is 0 Å². The Labute approximate surface area is 185 Å². The molecule has 0 bridgehead atoms. The molecule has 30 heavy (non-hydrogen) atoms. The lowest BCUT2D eigenvalue weighted by Crippen LogP contribution is -2.26. The Kier molecular flexibility index (Phi) is 7.37. The van der Waals surface area contributed by atoms with Crippen LogP contribution in [0.4, 0.5) is 0 Å². The van der Waals surface area contributed by atoms with E-state index in [2.05, 4.69) is 44.4 Å². The molecule has 3 aromatic rings. The Morgan fingerprint density at radius 3 is 2.80 bits per heavy atom. The fourth-order valence-electron chi connectivity index (χ4n) is 3.57. The second kappa shape index (κ2) is 10.6. The summed E-state index contributed by atoms with van der Waals surface area (Å²) in [6, 6.07) is 14.3. The molecule has 0 aliphatic heterocycles. The van der Waals surface area contributed by atoms with Crippen LogP contribution in [0.3, 0.4) is 0 Å². The third-order valence-corrected chi connectivity index (χ3v) is 6.96. The minimum absolute atomic E-state index is 0.0448. The van der Waals surface area contributed by atoms with Gasteiger partial charge in [0, 0.05) is 6.54 Å². The van der Waals surface area contributed by atoms with Gasteiger partial charge in [-0.25, -0.2) is 0 Å². The van der Waals surface area contributed by atoms with Gasteiger partial charge < -0.3 is 5.32 Å². The normalized spacial score (nSPS) is 13.8. The summed E-state index contributed by atoms with van der Waals surface area (Å²) < 4.78 is 2.10. The largest absolute Gasteiger partial charge is 0.355 e. The molecule has 1 aromatic carbocycles. The van der Waals surface area contributed by atoms with Crippen LogP contribution < -0.4 is 5.32 Å². The molecule has 2 aromatic heterocycles. The summed E-state index contributed by atoms with van der Waals surface area (Å²) in [7, 11) is 0. The molecule has 0 atom stereocenters. The number of thioether (sulfide) groups is 1. The Bertz CT molecular complexity index is 980. The topological polar surface area (TPSA) is 59.8 Å². The molecule has 1 aliphatic rings. The monoisotopic (exact) mass is 438 g/mol. The fourth-order valence-corrected chi connectivity index (χ4v) is 5.05. The van der Waals surface area contributed by atoms with Gasteiger partial charge in [-0.1, -0.05) is 59.8 Å². The predicted octanol–water partition coefficient (Wildman–Crippen LogP) is 5.15. The van der Waals surface area contributed by atoms with E-state index in [1.807, 2.05) is 29.6 Å². The number of nitrogens with one attached hydrogen (secondary N) is 1. The molecule has 0 saturated heterocycles. The van der Waals surface area contributed by atoms with E-state index in [1.165, 1.54) is 48.6 Å². The SMILES string of the molecule is O=C(CSc1nnc(-c2cccs2)n1Cc1ccccc1)NCCC1=CCCCC1. The number of amides is 1. The van der Waals surface area contributed by atoms with E-state index in [0.29, 0.717) is 18.8 Å². The van der Waals surface area contributed by atoms with Crippen LogP contribution >= 0.6 is 23.1 Å².